The Bertz CT molecular complexity index is 1600. The van der Waals surface area contributed by atoms with Crippen molar-refractivity contribution in [2.45, 2.75) is 66.2 Å². The van der Waals surface area contributed by atoms with Crippen molar-refractivity contribution in [3.05, 3.63) is 123 Å². The van der Waals surface area contributed by atoms with Crippen LogP contribution >= 0.6 is 0 Å². The number of rotatable bonds is 10. The fraction of sp³-hybridized carbons (Fsp3) is 0.286. The van der Waals surface area contributed by atoms with Gasteiger partial charge in [0.1, 0.15) is 6.61 Å². The molecule has 6 heteroatoms. The molecule has 210 valence electrons. The zero-order valence-corrected chi connectivity index (χ0v) is 24.3. The normalized spacial score (nSPS) is 10.8. The van der Waals surface area contributed by atoms with Crippen LogP contribution < -0.4 is 5.56 Å². The molecule has 0 aliphatic rings. The molecule has 0 N–H and O–H groups in total. The summed E-state index contributed by atoms with van der Waals surface area (Å²) < 4.78 is 7.42. The van der Waals surface area contributed by atoms with Crippen molar-refractivity contribution in [3.8, 4) is 22.9 Å². The van der Waals surface area contributed by atoms with Gasteiger partial charge in [0.15, 0.2) is 0 Å². The highest BCUT2D eigenvalue weighted by molar-refractivity contribution is 5.78. The van der Waals surface area contributed by atoms with Gasteiger partial charge in [-0.15, -0.1) is 0 Å². The quantitative estimate of drug-likeness (QED) is 0.205. The zero-order valence-electron chi connectivity index (χ0n) is 24.3. The van der Waals surface area contributed by atoms with Crippen LogP contribution in [0.15, 0.2) is 89.7 Å². The van der Waals surface area contributed by atoms with E-state index in [9.17, 15) is 14.9 Å². The molecule has 0 spiro atoms. The smallest absolute Gasteiger partial charge is 0.410 e. The average molecular weight is 548 g/mol. The first-order valence-electron chi connectivity index (χ1n) is 14.2. The average Bonchev–Trinajstić information content (AvgIpc) is 2.99. The Labute approximate surface area is 242 Å². The number of pyridine rings is 1. The lowest BCUT2D eigenvalue weighted by Gasteiger charge is -2.27. The van der Waals surface area contributed by atoms with Crippen LogP contribution in [0.5, 0.6) is 0 Å². The van der Waals surface area contributed by atoms with E-state index >= 15 is 0 Å². The lowest BCUT2D eigenvalue weighted by atomic mass is 9.97. The number of hydrogen-bond acceptors (Lipinski definition) is 4. The van der Waals surface area contributed by atoms with Crippen LogP contribution in [-0.4, -0.2) is 21.6 Å². The van der Waals surface area contributed by atoms with Crippen molar-refractivity contribution in [1.29, 1.82) is 5.26 Å². The molecule has 0 saturated carbocycles. The van der Waals surface area contributed by atoms with Gasteiger partial charge in [0, 0.05) is 28.4 Å². The van der Waals surface area contributed by atoms with Gasteiger partial charge < -0.3 is 9.64 Å². The minimum Gasteiger partial charge on any atom is -0.445 e. The van der Waals surface area contributed by atoms with E-state index < -0.39 is 6.09 Å². The molecule has 0 bridgehead atoms. The van der Waals surface area contributed by atoms with Crippen LogP contribution in [0.25, 0.3) is 16.8 Å². The van der Waals surface area contributed by atoms with E-state index in [2.05, 4.69) is 19.1 Å². The van der Waals surface area contributed by atoms with Crippen molar-refractivity contribution in [2.75, 3.05) is 0 Å². The molecule has 1 aromatic heterocycles. The summed E-state index contributed by atoms with van der Waals surface area (Å²) in [5.41, 5.74) is 5.86. The van der Waals surface area contributed by atoms with E-state index in [1.165, 1.54) is 0 Å². The summed E-state index contributed by atoms with van der Waals surface area (Å²) in [5.74, 6) is 0. The third-order valence-electron chi connectivity index (χ3n) is 7.27. The number of benzene rings is 3. The summed E-state index contributed by atoms with van der Waals surface area (Å²) >= 11 is 0. The Balaban J connectivity index is 1.80. The fourth-order valence-corrected chi connectivity index (χ4v) is 4.98. The summed E-state index contributed by atoms with van der Waals surface area (Å²) in [6, 6.07) is 28.8. The van der Waals surface area contributed by atoms with Gasteiger partial charge in [0.05, 0.1) is 23.9 Å². The summed E-state index contributed by atoms with van der Waals surface area (Å²) in [5, 5.41) is 9.80. The summed E-state index contributed by atoms with van der Waals surface area (Å²) in [7, 11) is 0. The van der Waals surface area contributed by atoms with Crippen molar-refractivity contribution < 1.29 is 9.53 Å². The maximum atomic E-state index is 14.4. The molecule has 0 saturated heterocycles. The Hall–Kier alpha value is -4.63. The minimum absolute atomic E-state index is 0.126. The highest BCUT2D eigenvalue weighted by Crippen LogP contribution is 2.30. The number of nitriles is 1. The number of unbranched alkanes of at least 4 members (excludes halogenated alkanes) is 1. The van der Waals surface area contributed by atoms with Crippen LogP contribution in [-0.2, 0) is 24.3 Å². The van der Waals surface area contributed by atoms with Gasteiger partial charge in [-0.25, -0.2) is 4.79 Å². The van der Waals surface area contributed by atoms with Gasteiger partial charge in [-0.2, -0.15) is 5.26 Å². The number of aromatic nitrogens is 1. The highest BCUT2D eigenvalue weighted by atomic mass is 16.6. The maximum absolute atomic E-state index is 14.4. The van der Waals surface area contributed by atoms with Crippen molar-refractivity contribution in [3.63, 3.8) is 0 Å². The molecule has 0 fully saturated rings. The SMILES string of the molecule is CCCCc1cc(C)c(CN(C(=O)OCc2ccccc2)C(C)C)c(=O)n1-c1ccccc1-c1ccccc1C#N. The van der Waals surface area contributed by atoms with Crippen molar-refractivity contribution in [1.82, 2.24) is 9.47 Å². The number of amides is 1. The van der Waals surface area contributed by atoms with Crippen molar-refractivity contribution >= 4 is 6.09 Å². The van der Waals surface area contributed by atoms with Crippen LogP contribution in [0.4, 0.5) is 4.79 Å². The highest BCUT2D eigenvalue weighted by Gasteiger charge is 2.24. The lowest BCUT2D eigenvalue weighted by molar-refractivity contribution is 0.0826. The first kappa shape index (κ1) is 29.4. The lowest BCUT2D eigenvalue weighted by Crippen LogP contribution is -2.39. The Kier molecular flexibility index (Phi) is 9.76. The molecule has 0 unspecified atom stereocenters. The Morgan fingerprint density at radius 3 is 2.32 bits per heavy atom. The standard InChI is InChI=1S/C35H37N3O3/c1-5-6-17-29-21-26(4)32(23-37(25(2)3)35(40)41-24-27-14-8-7-9-15-27)34(39)38(29)33-20-13-12-19-31(33)30-18-11-10-16-28(30)22-36/h7-16,18-21,25H,5-6,17,23-24H2,1-4H3. The molecule has 6 nitrogen and oxygen atoms in total. The number of carbonyl (C=O) groups is 1. The largest absolute Gasteiger partial charge is 0.445 e. The molecular formula is C35H37N3O3. The van der Waals surface area contributed by atoms with E-state index in [0.717, 1.165) is 52.9 Å². The van der Waals surface area contributed by atoms with Crippen LogP contribution in [0.2, 0.25) is 0 Å². The first-order valence-corrected chi connectivity index (χ1v) is 14.2. The van der Waals surface area contributed by atoms with Gasteiger partial charge in [-0.05, 0) is 62.9 Å². The number of carbonyl (C=O) groups excluding carboxylic acids is 1. The molecule has 3 aromatic carbocycles. The summed E-state index contributed by atoms with van der Waals surface area (Å²) in [6.45, 7) is 8.18. The van der Waals surface area contributed by atoms with E-state index in [0.29, 0.717) is 11.1 Å². The predicted octanol–water partition coefficient (Wildman–Crippen LogP) is 7.57. The van der Waals surface area contributed by atoms with Gasteiger partial charge >= 0.3 is 6.09 Å². The molecule has 41 heavy (non-hydrogen) atoms. The second-order valence-corrected chi connectivity index (χ2v) is 10.5. The minimum atomic E-state index is -0.465. The molecule has 0 aliphatic carbocycles. The zero-order chi connectivity index (χ0) is 29.4. The number of aryl methyl sites for hydroxylation is 2. The molecule has 4 aromatic rings. The Morgan fingerprint density at radius 1 is 0.976 bits per heavy atom. The van der Waals surface area contributed by atoms with Gasteiger partial charge in [-0.3, -0.25) is 9.36 Å². The fourth-order valence-electron chi connectivity index (χ4n) is 4.98. The molecular weight excluding hydrogens is 510 g/mol. The number of para-hydroxylation sites is 1. The Morgan fingerprint density at radius 2 is 1.63 bits per heavy atom. The second kappa shape index (κ2) is 13.6. The van der Waals surface area contributed by atoms with Gasteiger partial charge in [0.25, 0.3) is 5.56 Å². The van der Waals surface area contributed by atoms with E-state index in [4.69, 9.17) is 4.74 Å². The monoisotopic (exact) mass is 547 g/mol. The molecule has 0 aliphatic heterocycles. The van der Waals surface area contributed by atoms with Crippen LogP contribution in [0, 0.1) is 18.3 Å². The molecule has 0 atom stereocenters. The van der Waals surface area contributed by atoms with Gasteiger partial charge in [0.2, 0.25) is 0 Å². The third kappa shape index (κ3) is 6.75. The second-order valence-electron chi connectivity index (χ2n) is 10.5. The van der Waals surface area contributed by atoms with Gasteiger partial charge in [-0.1, -0.05) is 80.1 Å². The maximum Gasteiger partial charge on any atom is 0.410 e. The predicted molar refractivity (Wildman–Crippen MR) is 163 cm³/mol. The van der Waals surface area contributed by atoms with E-state index in [-0.39, 0.29) is 24.8 Å². The van der Waals surface area contributed by atoms with Crippen molar-refractivity contribution in [2.24, 2.45) is 0 Å². The third-order valence-corrected chi connectivity index (χ3v) is 7.27. The first-order chi connectivity index (χ1) is 19.8. The number of nitrogens with zero attached hydrogens (tertiary/aromatic N) is 3. The van der Waals surface area contributed by atoms with Crippen LogP contribution in [0.1, 0.15) is 61.6 Å². The summed E-state index contributed by atoms with van der Waals surface area (Å²) in [6.07, 6.45) is 2.18. The number of ether oxygens (including phenoxy) is 1. The molecule has 1 heterocycles. The number of hydrogen-bond donors (Lipinski definition) is 0. The molecule has 0 radical (unpaired) electrons. The van der Waals surface area contributed by atoms with E-state index in [1.54, 1.807) is 15.5 Å². The summed E-state index contributed by atoms with van der Waals surface area (Å²) in [4.78, 5) is 29.2. The van der Waals surface area contributed by atoms with Crippen LogP contribution in [0.3, 0.4) is 0 Å². The van der Waals surface area contributed by atoms with E-state index in [1.807, 2.05) is 93.6 Å². The molecule has 1 amide bonds. The molecule has 4 rings (SSSR count). The topological polar surface area (TPSA) is 75.3 Å².